The molecule has 0 radical (unpaired) electrons. The molecule has 0 saturated carbocycles. The highest BCUT2D eigenvalue weighted by molar-refractivity contribution is 6.30. The number of hydrogen-bond acceptors (Lipinski definition) is 4. The standard InChI is InChI=1S/C30H32ClN3O3/c31-24-10-11-25-23(18-24)9-8-22-7-4-14-32-29(22)28(25)21-12-15-34(16-13-21)19-27(35)26(33-30(36)37)17-20-5-2-1-3-6-20/h1-7,10-11,14,18,26-27,33,35H,8-9,12-13,15-17,19H2,(H,36,37). The second-order valence-corrected chi connectivity index (χ2v) is 10.3. The van der Waals surface area contributed by atoms with Gasteiger partial charge in [-0.2, -0.15) is 0 Å². The maximum atomic E-state index is 11.4. The first-order chi connectivity index (χ1) is 18.0. The van der Waals surface area contributed by atoms with Crippen molar-refractivity contribution in [1.29, 1.82) is 0 Å². The molecule has 5 rings (SSSR count). The van der Waals surface area contributed by atoms with Crippen molar-refractivity contribution in [3.8, 4) is 0 Å². The van der Waals surface area contributed by atoms with Gasteiger partial charge in [-0.15, -0.1) is 0 Å². The summed E-state index contributed by atoms with van der Waals surface area (Å²) in [5.41, 5.74) is 8.41. The van der Waals surface area contributed by atoms with Crippen LogP contribution in [0.4, 0.5) is 4.79 Å². The van der Waals surface area contributed by atoms with Crippen LogP contribution in [-0.4, -0.2) is 58.0 Å². The molecule has 1 aromatic heterocycles. The van der Waals surface area contributed by atoms with Crippen LogP contribution in [0.1, 0.15) is 40.8 Å². The number of likely N-dealkylation sites (tertiary alicyclic amines) is 1. The topological polar surface area (TPSA) is 85.7 Å². The van der Waals surface area contributed by atoms with Crippen LogP contribution >= 0.6 is 11.6 Å². The molecule has 2 heterocycles. The third-order valence-corrected chi connectivity index (χ3v) is 7.69. The molecule has 6 nitrogen and oxygen atoms in total. The molecule has 0 bridgehead atoms. The number of aliphatic hydroxyl groups is 1. The minimum Gasteiger partial charge on any atom is -0.465 e. The lowest BCUT2D eigenvalue weighted by Gasteiger charge is -2.33. The van der Waals surface area contributed by atoms with Crippen LogP contribution in [-0.2, 0) is 19.3 Å². The van der Waals surface area contributed by atoms with E-state index in [1.165, 1.54) is 27.8 Å². The molecule has 2 atom stereocenters. The number of carbonyl (C=O) groups is 1. The van der Waals surface area contributed by atoms with E-state index < -0.39 is 18.2 Å². The minimum atomic E-state index is -1.12. The van der Waals surface area contributed by atoms with Crippen molar-refractivity contribution in [2.24, 2.45) is 0 Å². The number of nitrogens with one attached hydrogen (secondary N) is 1. The quantitative estimate of drug-likeness (QED) is 0.430. The van der Waals surface area contributed by atoms with E-state index in [2.05, 4.69) is 28.4 Å². The van der Waals surface area contributed by atoms with Crippen LogP contribution < -0.4 is 5.32 Å². The van der Waals surface area contributed by atoms with Gasteiger partial charge in [-0.3, -0.25) is 4.98 Å². The average molecular weight is 518 g/mol. The Morgan fingerprint density at radius 1 is 1.00 bits per heavy atom. The molecular formula is C30H32ClN3O3. The first kappa shape index (κ1) is 25.5. The summed E-state index contributed by atoms with van der Waals surface area (Å²) in [7, 11) is 0. The second kappa shape index (κ2) is 11.5. The Morgan fingerprint density at radius 3 is 2.51 bits per heavy atom. The van der Waals surface area contributed by atoms with Crippen molar-refractivity contribution < 1.29 is 15.0 Å². The van der Waals surface area contributed by atoms with Gasteiger partial charge >= 0.3 is 6.09 Å². The largest absolute Gasteiger partial charge is 0.465 e. The van der Waals surface area contributed by atoms with E-state index in [-0.39, 0.29) is 0 Å². The van der Waals surface area contributed by atoms with Gasteiger partial charge in [0.05, 0.1) is 17.8 Å². The number of aryl methyl sites for hydroxylation is 2. The van der Waals surface area contributed by atoms with Gasteiger partial charge < -0.3 is 20.4 Å². The molecule has 37 heavy (non-hydrogen) atoms. The normalized spacial score (nSPS) is 17.4. The maximum Gasteiger partial charge on any atom is 0.404 e. The number of nitrogens with zero attached hydrogens (tertiary/aromatic N) is 2. The number of hydrogen-bond donors (Lipinski definition) is 3. The van der Waals surface area contributed by atoms with E-state index in [0.29, 0.717) is 13.0 Å². The van der Waals surface area contributed by atoms with E-state index >= 15 is 0 Å². The van der Waals surface area contributed by atoms with E-state index in [1.807, 2.05) is 48.7 Å². The van der Waals surface area contributed by atoms with Crippen LogP contribution in [0.2, 0.25) is 5.02 Å². The van der Waals surface area contributed by atoms with Gasteiger partial charge in [0.25, 0.3) is 0 Å². The fourth-order valence-corrected chi connectivity index (χ4v) is 5.79. The van der Waals surface area contributed by atoms with Gasteiger partial charge in [-0.05, 0) is 72.6 Å². The zero-order chi connectivity index (χ0) is 25.8. The smallest absolute Gasteiger partial charge is 0.404 e. The van der Waals surface area contributed by atoms with E-state index in [0.717, 1.165) is 55.1 Å². The molecule has 7 heteroatoms. The predicted octanol–water partition coefficient (Wildman–Crippen LogP) is 4.97. The molecule has 2 aliphatic rings. The van der Waals surface area contributed by atoms with Gasteiger partial charge in [-0.1, -0.05) is 59.6 Å². The van der Waals surface area contributed by atoms with Gasteiger partial charge in [0.2, 0.25) is 0 Å². The third kappa shape index (κ3) is 6.04. The van der Waals surface area contributed by atoms with Gasteiger partial charge in [-0.25, -0.2) is 4.79 Å². The highest BCUT2D eigenvalue weighted by Crippen LogP contribution is 2.38. The lowest BCUT2D eigenvalue weighted by atomic mass is 9.88. The fourth-order valence-electron chi connectivity index (χ4n) is 5.59. The number of fused-ring (bicyclic) bond motifs is 2. The fraction of sp³-hybridized carbons (Fsp3) is 0.333. The van der Waals surface area contributed by atoms with Crippen LogP contribution in [0.3, 0.4) is 0 Å². The summed E-state index contributed by atoms with van der Waals surface area (Å²) in [6.45, 7) is 2.01. The first-order valence-electron chi connectivity index (χ1n) is 12.9. The Hall–Kier alpha value is -3.19. The van der Waals surface area contributed by atoms with E-state index in [1.54, 1.807) is 0 Å². The highest BCUT2D eigenvalue weighted by atomic mass is 35.5. The molecule has 2 unspecified atom stereocenters. The molecule has 0 spiro atoms. The van der Waals surface area contributed by atoms with E-state index in [9.17, 15) is 15.0 Å². The summed E-state index contributed by atoms with van der Waals surface area (Å²) in [5.74, 6) is 0. The van der Waals surface area contributed by atoms with Gasteiger partial charge in [0, 0.05) is 36.4 Å². The number of aromatic nitrogens is 1. The van der Waals surface area contributed by atoms with Crippen molar-refractivity contribution >= 4 is 23.3 Å². The second-order valence-electron chi connectivity index (χ2n) is 9.90. The zero-order valence-electron chi connectivity index (χ0n) is 20.7. The SMILES string of the molecule is O=C(O)NC(Cc1ccccc1)C(O)CN1CCC(=C2c3ccc(Cl)cc3CCc3cccnc32)CC1. The van der Waals surface area contributed by atoms with E-state index in [4.69, 9.17) is 16.6 Å². The number of halogens is 1. The highest BCUT2D eigenvalue weighted by Gasteiger charge is 2.28. The first-order valence-corrected chi connectivity index (χ1v) is 13.2. The Labute approximate surface area is 222 Å². The van der Waals surface area contributed by atoms with Crippen molar-refractivity contribution in [2.45, 2.75) is 44.2 Å². The van der Waals surface area contributed by atoms with Crippen LogP contribution in [0.5, 0.6) is 0 Å². The molecule has 1 fully saturated rings. The monoisotopic (exact) mass is 517 g/mol. The number of benzene rings is 2. The van der Waals surface area contributed by atoms with Crippen molar-refractivity contribution in [2.75, 3.05) is 19.6 Å². The molecular weight excluding hydrogens is 486 g/mol. The Morgan fingerprint density at radius 2 is 1.76 bits per heavy atom. The van der Waals surface area contributed by atoms with Crippen LogP contribution in [0.15, 0.2) is 72.4 Å². The molecule has 1 amide bonds. The third-order valence-electron chi connectivity index (χ3n) is 7.46. The summed E-state index contributed by atoms with van der Waals surface area (Å²) in [6.07, 6.45) is 3.99. The van der Waals surface area contributed by atoms with Gasteiger partial charge in [0.1, 0.15) is 0 Å². The van der Waals surface area contributed by atoms with Crippen molar-refractivity contribution in [3.05, 3.63) is 105 Å². The number of piperidine rings is 1. The zero-order valence-corrected chi connectivity index (χ0v) is 21.5. The summed E-state index contributed by atoms with van der Waals surface area (Å²) in [6, 6.07) is 19.4. The number of aliphatic hydroxyl groups excluding tert-OH is 1. The van der Waals surface area contributed by atoms with Gasteiger partial charge in [0.15, 0.2) is 0 Å². The Bertz CT molecular complexity index is 1280. The number of rotatable bonds is 6. The lowest BCUT2D eigenvalue weighted by molar-refractivity contribution is 0.0744. The summed E-state index contributed by atoms with van der Waals surface area (Å²) in [5, 5.41) is 23.6. The maximum absolute atomic E-state index is 11.4. The number of β-amino-alcohol motifs (C(OH)–C–C–N with tert-alkyl or cyclic N) is 1. The summed E-state index contributed by atoms with van der Waals surface area (Å²) < 4.78 is 0. The lowest BCUT2D eigenvalue weighted by Crippen LogP contribution is -2.50. The molecule has 3 N–H and O–H groups in total. The number of pyridine rings is 1. The molecule has 192 valence electrons. The molecule has 1 aliphatic heterocycles. The summed E-state index contributed by atoms with van der Waals surface area (Å²) in [4.78, 5) is 18.4. The Balaban J connectivity index is 1.34. The average Bonchev–Trinajstić information content (AvgIpc) is 3.06. The molecule has 1 saturated heterocycles. The molecule has 3 aromatic rings. The predicted molar refractivity (Wildman–Crippen MR) is 146 cm³/mol. The summed E-state index contributed by atoms with van der Waals surface area (Å²) >= 11 is 6.35. The number of carboxylic acid groups (broad SMARTS) is 1. The minimum absolute atomic E-state index is 0.418. The number of amides is 1. The van der Waals surface area contributed by atoms with Crippen LogP contribution in [0.25, 0.3) is 5.57 Å². The molecule has 2 aromatic carbocycles. The Kier molecular flexibility index (Phi) is 7.89. The van der Waals surface area contributed by atoms with Crippen molar-refractivity contribution in [1.82, 2.24) is 15.2 Å². The van der Waals surface area contributed by atoms with Crippen molar-refractivity contribution in [3.63, 3.8) is 0 Å². The van der Waals surface area contributed by atoms with Crippen LogP contribution in [0, 0.1) is 0 Å². The molecule has 1 aliphatic carbocycles.